The summed E-state index contributed by atoms with van der Waals surface area (Å²) in [5.74, 6) is 0.314. The number of hydrogen-bond acceptors (Lipinski definition) is 19. The lowest BCUT2D eigenvalue weighted by Gasteiger charge is -2.43. The van der Waals surface area contributed by atoms with Gasteiger partial charge in [0.25, 0.3) is 5.88 Å². The van der Waals surface area contributed by atoms with Gasteiger partial charge in [-0.3, -0.25) is 14.6 Å². The molecule has 4 aliphatic heterocycles. The monoisotopic (exact) mass is 1090 g/mol. The molecular formula is C57H70FN11O8S. The Morgan fingerprint density at radius 1 is 0.923 bits per heavy atom. The molecule has 4 aromatic heterocycles. The lowest BCUT2D eigenvalue weighted by atomic mass is 9.90. The number of carbonyl (C=O) groups excluding carboxylic acids is 1. The van der Waals surface area contributed by atoms with Gasteiger partial charge in [-0.05, 0) is 92.9 Å². The van der Waals surface area contributed by atoms with Crippen LogP contribution < -0.4 is 30.3 Å². The molecule has 6 aromatic rings. The van der Waals surface area contributed by atoms with Crippen molar-refractivity contribution >= 4 is 34.4 Å². The normalized spacial score (nSPS) is 24.1. The number of ether oxygens (including phenoxy) is 3. The lowest BCUT2D eigenvalue weighted by molar-refractivity contribution is -0.131. The van der Waals surface area contributed by atoms with Crippen molar-refractivity contribution in [2.45, 2.75) is 133 Å². The molecule has 2 bridgehead atoms. The van der Waals surface area contributed by atoms with Gasteiger partial charge in [-0.15, -0.1) is 21.5 Å². The fourth-order valence-electron chi connectivity index (χ4n) is 12.2. The Kier molecular flexibility index (Phi) is 15.8. The third-order valence-electron chi connectivity index (χ3n) is 16.4. The van der Waals surface area contributed by atoms with Gasteiger partial charge in [0.05, 0.1) is 63.8 Å². The van der Waals surface area contributed by atoms with Gasteiger partial charge < -0.3 is 54.9 Å². The first kappa shape index (κ1) is 53.5. The predicted octanol–water partition coefficient (Wildman–Crippen LogP) is 7.08. The van der Waals surface area contributed by atoms with Gasteiger partial charge in [0.15, 0.2) is 5.82 Å². The zero-order valence-corrected chi connectivity index (χ0v) is 45.3. The van der Waals surface area contributed by atoms with Gasteiger partial charge >= 0.3 is 0 Å². The quantitative estimate of drug-likeness (QED) is 0.0545. The van der Waals surface area contributed by atoms with E-state index in [2.05, 4.69) is 57.5 Å². The summed E-state index contributed by atoms with van der Waals surface area (Å²) >= 11 is 1.44. The number of piperazine rings is 1. The Morgan fingerprint density at radius 3 is 2.44 bits per heavy atom. The third kappa shape index (κ3) is 11.5. The van der Waals surface area contributed by atoms with E-state index in [1.54, 1.807) is 41.6 Å². The van der Waals surface area contributed by atoms with Crippen molar-refractivity contribution in [1.82, 2.24) is 40.4 Å². The minimum absolute atomic E-state index is 0.0496. The number of anilines is 3. The van der Waals surface area contributed by atoms with Gasteiger partial charge in [0.2, 0.25) is 11.8 Å². The fourth-order valence-corrected chi connectivity index (χ4v) is 13.0. The number of para-hydroxylation sites is 1. The number of rotatable bonds is 19. The van der Waals surface area contributed by atoms with Crippen LogP contribution in [0.5, 0.6) is 17.5 Å². The summed E-state index contributed by atoms with van der Waals surface area (Å²) in [7, 11) is 0. The standard InChI is InChI=1S/C57H70FN11O8S/c1-32(2)53(57(73)68-30-39(70)23-48(68)56(72)62-33(3)43-12-9-35(21-45(43)58)54-34(4)61-31-78-54)50-27-52(65-77-50)74-20-19-66-17-14-40(15-18-66)75-41-24-42(25-41)76-51-22-36(13-16-60-51)69-37-10-11-38(69)29-67(28-37)47-26-46(63-64-55(47)59)44-7-5-6-8-49(44)71/h5-9,12-13,16,21-22,26-27,31-33,37-42,48,53,57,70-71,73H,10-11,14-15,17-20,23-25,28-30H2,1-4H3,(H2,59,64)(H,62,72)/t33-,37?,38?,39+,41-,42-,48-,53-,57?/m0/s1. The molecule has 1 amide bonds. The number of aromatic nitrogens is 5. The Hall–Kier alpha value is -6.49. The van der Waals surface area contributed by atoms with Crippen LogP contribution in [0.25, 0.3) is 21.7 Å². The van der Waals surface area contributed by atoms with Crippen LogP contribution in [0.4, 0.5) is 21.6 Å². The summed E-state index contributed by atoms with van der Waals surface area (Å²) in [6.45, 7) is 12.0. The zero-order chi connectivity index (χ0) is 54.2. The number of amides is 1. The number of nitrogens with one attached hydrogen (secondary N) is 1. The summed E-state index contributed by atoms with van der Waals surface area (Å²) in [4.78, 5) is 32.3. The van der Waals surface area contributed by atoms with Crippen LogP contribution in [-0.2, 0) is 9.53 Å². The second-order valence-corrected chi connectivity index (χ2v) is 22.9. The Morgan fingerprint density at radius 2 is 1.71 bits per heavy atom. The minimum Gasteiger partial charge on any atom is -0.507 e. The molecule has 4 saturated heterocycles. The molecule has 19 nitrogen and oxygen atoms in total. The molecule has 6 N–H and O–H groups in total. The first-order valence-corrected chi connectivity index (χ1v) is 28.3. The van der Waals surface area contributed by atoms with Crippen molar-refractivity contribution in [2.75, 3.05) is 61.4 Å². The molecule has 1 saturated carbocycles. The topological polar surface area (TPSA) is 234 Å². The van der Waals surface area contributed by atoms with E-state index in [0.29, 0.717) is 53.3 Å². The molecule has 0 spiro atoms. The van der Waals surface area contributed by atoms with E-state index in [-0.39, 0.29) is 55.0 Å². The lowest BCUT2D eigenvalue weighted by Crippen LogP contribution is -2.54. The third-order valence-corrected chi connectivity index (χ3v) is 17.4. The highest BCUT2D eigenvalue weighted by Crippen LogP contribution is 2.41. The maximum Gasteiger partial charge on any atom is 0.254 e. The average Bonchev–Trinajstić information content (AvgIpc) is 4.28. The fraction of sp³-hybridized carbons (Fsp3) is 0.509. The van der Waals surface area contributed by atoms with Crippen LogP contribution in [0.15, 0.2) is 83.0 Å². The van der Waals surface area contributed by atoms with Crippen molar-refractivity contribution in [3.63, 3.8) is 0 Å². The van der Waals surface area contributed by atoms with E-state index in [0.717, 1.165) is 92.2 Å². The molecule has 1 aliphatic carbocycles. The predicted molar refractivity (Wildman–Crippen MR) is 293 cm³/mol. The number of thiazole rings is 1. The molecule has 8 heterocycles. The molecule has 414 valence electrons. The van der Waals surface area contributed by atoms with Gasteiger partial charge in [-0.25, -0.2) is 14.4 Å². The number of likely N-dealkylation sites (tertiary alicyclic amines) is 2. The minimum atomic E-state index is -1.19. The number of aliphatic hydroxyl groups excluding tert-OH is 2. The Balaban J connectivity index is 0.603. The number of aliphatic hydroxyl groups is 2. The number of pyridine rings is 1. The van der Waals surface area contributed by atoms with Crippen LogP contribution in [0.3, 0.4) is 0 Å². The second kappa shape index (κ2) is 23.1. The summed E-state index contributed by atoms with van der Waals surface area (Å²) in [5.41, 5.74) is 13.2. The molecule has 21 heteroatoms. The molecule has 78 heavy (non-hydrogen) atoms. The Labute approximate surface area is 457 Å². The molecule has 5 aliphatic rings. The number of aryl methyl sites for hydroxylation is 1. The van der Waals surface area contributed by atoms with Gasteiger partial charge in [0, 0.05) is 99.3 Å². The van der Waals surface area contributed by atoms with Crippen molar-refractivity contribution in [3.8, 4) is 39.2 Å². The number of phenols is 1. The van der Waals surface area contributed by atoms with Crippen LogP contribution in [-0.4, -0.2) is 151 Å². The van der Waals surface area contributed by atoms with E-state index >= 15 is 4.39 Å². The first-order valence-electron chi connectivity index (χ1n) is 27.4. The van der Waals surface area contributed by atoms with Crippen molar-refractivity contribution in [3.05, 3.63) is 101 Å². The number of piperidine rings is 1. The van der Waals surface area contributed by atoms with Gasteiger partial charge in [-0.1, -0.05) is 38.1 Å². The molecule has 11 rings (SSSR count). The number of nitrogens with two attached hydrogens (primary N) is 1. The summed E-state index contributed by atoms with van der Waals surface area (Å²) in [6, 6.07) is 18.9. The van der Waals surface area contributed by atoms with E-state index in [9.17, 15) is 20.1 Å². The van der Waals surface area contributed by atoms with Crippen molar-refractivity contribution < 1.29 is 43.2 Å². The maximum atomic E-state index is 15.4. The Bertz CT molecular complexity index is 3030. The molecule has 3 unspecified atom stereocenters. The number of β-amino-alcohol motifs (C(OH)–C–C–N with tert-alkyl or cyclic N) is 1. The second-order valence-electron chi connectivity index (χ2n) is 22.0. The number of fused-ring (bicyclic) bond motifs is 2. The molecule has 7 atom stereocenters. The molecular weight excluding hydrogens is 1020 g/mol. The number of carbonyl (C=O) groups is 1. The average molecular weight is 1090 g/mol. The molecule has 0 radical (unpaired) electrons. The zero-order valence-electron chi connectivity index (χ0n) is 44.5. The van der Waals surface area contributed by atoms with Crippen LogP contribution in [0.2, 0.25) is 0 Å². The van der Waals surface area contributed by atoms with E-state index in [4.69, 9.17) is 24.5 Å². The van der Waals surface area contributed by atoms with Crippen LogP contribution in [0, 0.1) is 18.7 Å². The van der Waals surface area contributed by atoms with Crippen molar-refractivity contribution in [1.29, 1.82) is 0 Å². The van der Waals surface area contributed by atoms with Crippen molar-refractivity contribution in [2.24, 2.45) is 5.92 Å². The summed E-state index contributed by atoms with van der Waals surface area (Å²) in [5, 5.41) is 48.7. The van der Waals surface area contributed by atoms with E-state index in [1.165, 1.54) is 17.4 Å². The van der Waals surface area contributed by atoms with Gasteiger partial charge in [0.1, 0.15) is 36.3 Å². The van der Waals surface area contributed by atoms with E-state index in [1.807, 2.05) is 51.2 Å². The highest BCUT2D eigenvalue weighted by atomic mass is 32.1. The maximum absolute atomic E-state index is 15.4. The van der Waals surface area contributed by atoms with Gasteiger partial charge in [-0.2, -0.15) is 0 Å². The number of aromatic hydroxyl groups is 1. The smallest absolute Gasteiger partial charge is 0.254 e. The van der Waals surface area contributed by atoms with E-state index < -0.39 is 42.1 Å². The highest BCUT2D eigenvalue weighted by molar-refractivity contribution is 7.13. The number of hydrogen-bond donors (Lipinski definition) is 5. The largest absolute Gasteiger partial charge is 0.507 e. The molecule has 5 fully saturated rings. The van der Waals surface area contributed by atoms with Crippen LogP contribution in [0.1, 0.15) is 94.7 Å². The number of halogens is 1. The first-order chi connectivity index (χ1) is 37.7. The summed E-state index contributed by atoms with van der Waals surface area (Å²) < 4.78 is 40.2. The van der Waals surface area contributed by atoms with Crippen LogP contribution >= 0.6 is 11.3 Å². The number of benzene rings is 2. The SMILES string of the molecule is Cc1ncsc1-c1ccc([C@H](C)NC(=O)[C@@H]2C[C@@H](O)CN2C(O)[C@H](c2cc(OCCN3CCC(O[C@H]4C[C@H](Oc5cc(N6C7CCC6CN(c6cc(-c8ccccc8O)nnc6N)C7)ccn5)C4)CC3)no2)C(C)C)c(F)c1. The highest BCUT2D eigenvalue weighted by Gasteiger charge is 2.45. The number of nitrogens with zero attached hydrogens (tertiary/aromatic N) is 9. The number of nitrogen functional groups attached to an aromatic ring is 1. The number of phenolic OH excluding ortho intramolecular Hbond substituents is 1. The molecule has 2 aromatic carbocycles. The summed E-state index contributed by atoms with van der Waals surface area (Å²) in [6.07, 6.45) is 5.93.